The first kappa shape index (κ1) is 17.4. The molecule has 3 rings (SSSR count). The summed E-state index contributed by atoms with van der Waals surface area (Å²) in [6, 6.07) is 10.6. The van der Waals surface area contributed by atoms with Crippen LogP contribution in [0.3, 0.4) is 0 Å². The van der Waals surface area contributed by atoms with E-state index in [4.69, 9.17) is 0 Å². The maximum absolute atomic E-state index is 12.3. The minimum atomic E-state index is -0.114. The van der Waals surface area contributed by atoms with Crippen molar-refractivity contribution in [3.05, 3.63) is 35.9 Å². The van der Waals surface area contributed by atoms with E-state index in [1.54, 1.807) is 0 Å². The summed E-state index contributed by atoms with van der Waals surface area (Å²) in [5, 5.41) is 9.58. The first-order valence-corrected chi connectivity index (χ1v) is 9.30. The highest BCUT2D eigenvalue weighted by molar-refractivity contribution is 5.77. The first-order chi connectivity index (χ1) is 11.6. The number of likely N-dealkylation sites (tertiary alicyclic amines) is 2. The van der Waals surface area contributed by atoms with E-state index in [0.29, 0.717) is 12.3 Å². The minimum absolute atomic E-state index is 0.0738. The number of amides is 1. The summed E-state index contributed by atoms with van der Waals surface area (Å²) in [5.74, 6) is 0.303. The van der Waals surface area contributed by atoms with Gasteiger partial charge in [0.25, 0.3) is 0 Å². The van der Waals surface area contributed by atoms with Gasteiger partial charge in [0.15, 0.2) is 0 Å². The smallest absolute Gasteiger partial charge is 0.222 e. The Morgan fingerprint density at radius 1 is 1.17 bits per heavy atom. The highest BCUT2D eigenvalue weighted by Crippen LogP contribution is 2.34. The summed E-state index contributed by atoms with van der Waals surface area (Å²) in [7, 11) is 0. The molecule has 0 aliphatic carbocycles. The molecule has 2 aliphatic heterocycles. The molecule has 1 atom stereocenters. The normalized spacial score (nSPS) is 26.8. The summed E-state index contributed by atoms with van der Waals surface area (Å²) in [6.45, 7) is 6.95. The van der Waals surface area contributed by atoms with E-state index in [9.17, 15) is 9.90 Å². The van der Waals surface area contributed by atoms with Crippen LogP contribution in [0.2, 0.25) is 0 Å². The van der Waals surface area contributed by atoms with Gasteiger partial charge in [-0.15, -0.1) is 0 Å². The number of hydrogen-bond acceptors (Lipinski definition) is 3. The number of nitrogens with zero attached hydrogens (tertiary/aromatic N) is 2. The lowest BCUT2D eigenvalue weighted by Crippen LogP contribution is -2.48. The molecular formula is C20H30N2O2. The predicted octanol–water partition coefficient (Wildman–Crippen LogP) is 2.41. The van der Waals surface area contributed by atoms with Crippen molar-refractivity contribution in [1.82, 2.24) is 9.80 Å². The number of hydrogen-bond donors (Lipinski definition) is 1. The fraction of sp³-hybridized carbons (Fsp3) is 0.650. The first-order valence-electron chi connectivity index (χ1n) is 9.30. The van der Waals surface area contributed by atoms with Gasteiger partial charge in [-0.05, 0) is 37.8 Å². The molecular weight excluding hydrogens is 300 g/mol. The molecule has 0 aromatic heterocycles. The van der Waals surface area contributed by atoms with Crippen LogP contribution in [0, 0.1) is 0 Å². The van der Waals surface area contributed by atoms with Gasteiger partial charge in [-0.3, -0.25) is 4.79 Å². The Morgan fingerprint density at radius 3 is 2.58 bits per heavy atom. The number of aliphatic hydroxyl groups is 1. The van der Waals surface area contributed by atoms with Crippen LogP contribution in [-0.2, 0) is 10.2 Å². The molecule has 1 aromatic carbocycles. The van der Waals surface area contributed by atoms with Crippen molar-refractivity contribution in [2.45, 2.75) is 50.5 Å². The topological polar surface area (TPSA) is 43.8 Å². The fourth-order valence-corrected chi connectivity index (χ4v) is 4.04. The highest BCUT2D eigenvalue weighted by atomic mass is 16.3. The molecule has 0 bridgehead atoms. The van der Waals surface area contributed by atoms with Crippen molar-refractivity contribution >= 4 is 5.91 Å². The van der Waals surface area contributed by atoms with Crippen molar-refractivity contribution in [2.75, 3.05) is 32.7 Å². The number of carbonyl (C=O) groups is 1. The number of rotatable bonds is 5. The van der Waals surface area contributed by atoms with Gasteiger partial charge in [-0.25, -0.2) is 0 Å². The van der Waals surface area contributed by atoms with E-state index in [0.717, 1.165) is 58.4 Å². The van der Waals surface area contributed by atoms with Crippen molar-refractivity contribution in [1.29, 1.82) is 0 Å². The second-order valence-electron chi connectivity index (χ2n) is 7.67. The molecule has 2 saturated heterocycles. The van der Waals surface area contributed by atoms with Gasteiger partial charge in [-0.1, -0.05) is 37.3 Å². The molecule has 2 aliphatic rings. The molecule has 1 N–H and O–H groups in total. The zero-order chi connectivity index (χ0) is 17.0. The fourth-order valence-electron chi connectivity index (χ4n) is 4.04. The second kappa shape index (κ2) is 7.66. The van der Waals surface area contributed by atoms with Crippen LogP contribution < -0.4 is 0 Å². The van der Waals surface area contributed by atoms with Crippen molar-refractivity contribution in [2.24, 2.45) is 0 Å². The van der Waals surface area contributed by atoms with E-state index in [1.165, 1.54) is 5.56 Å². The van der Waals surface area contributed by atoms with Gasteiger partial charge in [0.05, 0.1) is 6.10 Å². The molecule has 4 heteroatoms. The van der Waals surface area contributed by atoms with Gasteiger partial charge in [0.2, 0.25) is 5.91 Å². The lowest BCUT2D eigenvalue weighted by atomic mass is 9.75. The lowest BCUT2D eigenvalue weighted by molar-refractivity contribution is -0.135. The van der Waals surface area contributed by atoms with Crippen LogP contribution in [-0.4, -0.2) is 59.6 Å². The quantitative estimate of drug-likeness (QED) is 0.902. The Morgan fingerprint density at radius 2 is 1.88 bits per heavy atom. The molecule has 2 heterocycles. The minimum Gasteiger partial charge on any atom is -0.393 e. The Balaban J connectivity index is 1.52. The standard InChI is InChI=1S/C20H30N2O2/c1-20(17-6-3-2-4-7-17)11-8-19(24)22(16-20)13-5-12-21-14-9-18(23)10-15-21/h2-4,6-7,18,23H,5,8-16H2,1H3/t20-/m1/s1. The van der Waals surface area contributed by atoms with E-state index in [2.05, 4.69) is 41.0 Å². The largest absolute Gasteiger partial charge is 0.393 e. The van der Waals surface area contributed by atoms with E-state index < -0.39 is 0 Å². The van der Waals surface area contributed by atoms with E-state index in [-0.39, 0.29) is 11.5 Å². The zero-order valence-electron chi connectivity index (χ0n) is 14.8. The van der Waals surface area contributed by atoms with E-state index >= 15 is 0 Å². The Labute approximate surface area is 145 Å². The van der Waals surface area contributed by atoms with Crippen LogP contribution in [0.15, 0.2) is 30.3 Å². The number of carbonyl (C=O) groups excluding carboxylic acids is 1. The Hall–Kier alpha value is -1.39. The maximum Gasteiger partial charge on any atom is 0.222 e. The molecule has 1 amide bonds. The second-order valence-corrected chi connectivity index (χ2v) is 7.67. The predicted molar refractivity (Wildman–Crippen MR) is 95.9 cm³/mol. The number of aliphatic hydroxyl groups excluding tert-OH is 1. The summed E-state index contributed by atoms with van der Waals surface area (Å²) >= 11 is 0. The van der Waals surface area contributed by atoms with Crippen molar-refractivity contribution in [3.8, 4) is 0 Å². The molecule has 24 heavy (non-hydrogen) atoms. The third-order valence-corrected chi connectivity index (χ3v) is 5.71. The van der Waals surface area contributed by atoms with Gasteiger partial charge in [0, 0.05) is 38.0 Å². The summed E-state index contributed by atoms with van der Waals surface area (Å²) < 4.78 is 0. The van der Waals surface area contributed by atoms with Crippen molar-refractivity contribution < 1.29 is 9.90 Å². The lowest BCUT2D eigenvalue weighted by Gasteiger charge is -2.41. The van der Waals surface area contributed by atoms with Crippen LogP contribution in [0.1, 0.15) is 44.6 Å². The molecule has 2 fully saturated rings. The molecule has 1 aromatic rings. The third kappa shape index (κ3) is 4.17. The van der Waals surface area contributed by atoms with Crippen molar-refractivity contribution in [3.63, 3.8) is 0 Å². The summed E-state index contributed by atoms with van der Waals surface area (Å²) in [5.41, 5.74) is 1.41. The monoisotopic (exact) mass is 330 g/mol. The molecule has 4 nitrogen and oxygen atoms in total. The average molecular weight is 330 g/mol. The van der Waals surface area contributed by atoms with E-state index in [1.807, 2.05) is 6.07 Å². The molecule has 132 valence electrons. The molecule has 0 unspecified atom stereocenters. The van der Waals surface area contributed by atoms with Crippen LogP contribution >= 0.6 is 0 Å². The molecule has 0 saturated carbocycles. The number of piperidine rings is 2. The van der Waals surface area contributed by atoms with Gasteiger partial charge < -0.3 is 14.9 Å². The number of benzene rings is 1. The van der Waals surface area contributed by atoms with Crippen LogP contribution in [0.5, 0.6) is 0 Å². The van der Waals surface area contributed by atoms with Crippen LogP contribution in [0.25, 0.3) is 0 Å². The maximum atomic E-state index is 12.3. The van der Waals surface area contributed by atoms with Gasteiger partial charge in [-0.2, -0.15) is 0 Å². The third-order valence-electron chi connectivity index (χ3n) is 5.71. The zero-order valence-corrected chi connectivity index (χ0v) is 14.8. The summed E-state index contributed by atoms with van der Waals surface area (Å²) in [6.07, 6.45) is 4.27. The Kier molecular flexibility index (Phi) is 5.57. The molecule has 0 radical (unpaired) electrons. The molecule has 0 spiro atoms. The summed E-state index contributed by atoms with van der Waals surface area (Å²) in [4.78, 5) is 16.8. The highest BCUT2D eigenvalue weighted by Gasteiger charge is 2.35. The van der Waals surface area contributed by atoms with Gasteiger partial charge in [0.1, 0.15) is 0 Å². The Bertz CT molecular complexity index is 540. The van der Waals surface area contributed by atoms with Crippen LogP contribution in [0.4, 0.5) is 0 Å². The SMILES string of the molecule is C[C@@]1(c2ccccc2)CCC(=O)N(CCCN2CCC(O)CC2)C1. The van der Waals surface area contributed by atoms with Gasteiger partial charge >= 0.3 is 0 Å². The average Bonchev–Trinajstić information content (AvgIpc) is 2.61.